The monoisotopic (exact) mass is 344 g/mol. The molecule has 0 saturated carbocycles. The van der Waals surface area contributed by atoms with Crippen molar-refractivity contribution in [2.45, 2.75) is 13.8 Å². The third-order valence-corrected chi connectivity index (χ3v) is 4.79. The highest BCUT2D eigenvalue weighted by atomic mass is 35.5. The summed E-state index contributed by atoms with van der Waals surface area (Å²) in [5.41, 5.74) is 1.95. The lowest BCUT2D eigenvalue weighted by Gasteiger charge is -2.35. The van der Waals surface area contributed by atoms with E-state index in [4.69, 9.17) is 16.0 Å². The average Bonchev–Trinajstić information content (AvgIpc) is 3.13. The molecule has 6 nitrogen and oxygen atoms in total. The van der Waals surface area contributed by atoms with Crippen LogP contribution in [-0.2, 0) is 0 Å². The van der Waals surface area contributed by atoms with E-state index in [0.29, 0.717) is 54.0 Å². The second kappa shape index (κ2) is 6.54. The zero-order chi connectivity index (χ0) is 17.3. The molecule has 0 bridgehead atoms. The molecule has 1 fully saturated rings. The van der Waals surface area contributed by atoms with E-state index < -0.39 is 0 Å². The van der Waals surface area contributed by atoms with Crippen molar-refractivity contribution in [1.29, 1.82) is 5.26 Å². The van der Waals surface area contributed by atoms with Crippen molar-refractivity contribution < 1.29 is 9.21 Å². The van der Waals surface area contributed by atoms with Crippen molar-refractivity contribution >= 4 is 23.3 Å². The number of rotatable bonds is 2. The minimum atomic E-state index is -0.114. The summed E-state index contributed by atoms with van der Waals surface area (Å²) in [6.07, 6.45) is 1.49. The van der Waals surface area contributed by atoms with Gasteiger partial charge in [-0.2, -0.15) is 5.26 Å². The highest BCUT2D eigenvalue weighted by Gasteiger charge is 2.26. The maximum absolute atomic E-state index is 12.3. The summed E-state index contributed by atoms with van der Waals surface area (Å²) < 4.78 is 5.17. The lowest BCUT2D eigenvalue weighted by atomic mass is 10.1. The lowest BCUT2D eigenvalue weighted by Crippen LogP contribution is -2.49. The predicted molar refractivity (Wildman–Crippen MR) is 90.3 cm³/mol. The number of nitrogens with zero attached hydrogens (tertiary/aromatic N) is 4. The maximum atomic E-state index is 12.3. The Labute approximate surface area is 145 Å². The summed E-state index contributed by atoms with van der Waals surface area (Å²) in [7, 11) is 0. The molecule has 7 heteroatoms. The molecular weight excluding hydrogens is 328 g/mol. The number of pyridine rings is 1. The molecule has 0 aliphatic carbocycles. The zero-order valence-corrected chi connectivity index (χ0v) is 14.3. The van der Waals surface area contributed by atoms with Gasteiger partial charge >= 0.3 is 0 Å². The molecule has 2 aromatic heterocycles. The molecule has 0 N–H and O–H groups in total. The molecule has 0 spiro atoms. The molecule has 1 amide bonds. The summed E-state index contributed by atoms with van der Waals surface area (Å²) in [6.45, 7) is 5.97. The lowest BCUT2D eigenvalue weighted by molar-refractivity contribution is 0.0714. The van der Waals surface area contributed by atoms with Gasteiger partial charge in [-0.05, 0) is 31.5 Å². The number of aromatic nitrogens is 1. The van der Waals surface area contributed by atoms with Crippen LogP contribution in [0.3, 0.4) is 0 Å². The summed E-state index contributed by atoms with van der Waals surface area (Å²) >= 11 is 6.20. The smallest absolute Gasteiger partial charge is 0.289 e. The molecule has 0 unspecified atom stereocenters. The largest absolute Gasteiger partial charge is 0.459 e. The van der Waals surface area contributed by atoms with E-state index in [-0.39, 0.29) is 5.91 Å². The SMILES string of the molecule is Cc1nc(N2CCN(C(=O)c3ccco3)CC2)c(C#N)c(C)c1Cl. The number of piperazine rings is 1. The molecule has 0 atom stereocenters. The number of nitriles is 1. The Morgan fingerprint density at radius 2 is 2.04 bits per heavy atom. The van der Waals surface area contributed by atoms with Gasteiger partial charge in [0.25, 0.3) is 5.91 Å². The van der Waals surface area contributed by atoms with Crippen LogP contribution in [0.2, 0.25) is 5.02 Å². The first-order chi connectivity index (χ1) is 11.5. The van der Waals surface area contributed by atoms with Crippen LogP contribution in [0.25, 0.3) is 0 Å². The van der Waals surface area contributed by atoms with Gasteiger partial charge in [-0.1, -0.05) is 11.6 Å². The van der Waals surface area contributed by atoms with Gasteiger partial charge in [-0.25, -0.2) is 4.98 Å². The van der Waals surface area contributed by atoms with Crippen molar-refractivity contribution in [3.8, 4) is 6.07 Å². The third kappa shape index (κ3) is 2.83. The molecule has 3 rings (SSSR count). The van der Waals surface area contributed by atoms with Gasteiger partial charge < -0.3 is 14.2 Å². The predicted octanol–water partition coefficient (Wildman–Crippen LogP) is 2.78. The van der Waals surface area contributed by atoms with Gasteiger partial charge in [0.2, 0.25) is 0 Å². The van der Waals surface area contributed by atoms with Gasteiger partial charge in [0.1, 0.15) is 11.9 Å². The molecule has 0 aromatic carbocycles. The first kappa shape index (κ1) is 16.3. The van der Waals surface area contributed by atoms with Crippen LogP contribution in [0.15, 0.2) is 22.8 Å². The highest BCUT2D eigenvalue weighted by molar-refractivity contribution is 6.32. The number of carbonyl (C=O) groups is 1. The number of amides is 1. The Balaban J connectivity index is 1.78. The molecule has 0 radical (unpaired) electrons. The average molecular weight is 345 g/mol. The number of anilines is 1. The number of aryl methyl sites for hydroxylation is 1. The first-order valence-electron chi connectivity index (χ1n) is 7.67. The van der Waals surface area contributed by atoms with Crippen LogP contribution in [0.4, 0.5) is 5.82 Å². The second-order valence-corrected chi connectivity index (χ2v) is 6.08. The van der Waals surface area contributed by atoms with Crippen LogP contribution in [0.5, 0.6) is 0 Å². The Bertz CT molecular complexity index is 803. The number of hydrogen-bond acceptors (Lipinski definition) is 5. The van der Waals surface area contributed by atoms with Gasteiger partial charge in [-0.15, -0.1) is 0 Å². The van der Waals surface area contributed by atoms with E-state index >= 15 is 0 Å². The standard InChI is InChI=1S/C17H17ClN4O2/c1-11-13(10-19)16(20-12(2)15(11)18)21-5-7-22(8-6-21)17(23)14-4-3-9-24-14/h3-4,9H,5-8H2,1-2H3. The van der Waals surface area contributed by atoms with Gasteiger partial charge in [0.05, 0.1) is 22.5 Å². The fraction of sp³-hybridized carbons (Fsp3) is 0.353. The van der Waals surface area contributed by atoms with Crippen LogP contribution in [0, 0.1) is 25.2 Å². The number of carbonyl (C=O) groups excluding carboxylic acids is 1. The zero-order valence-electron chi connectivity index (χ0n) is 13.5. The Kier molecular flexibility index (Phi) is 4.45. The van der Waals surface area contributed by atoms with Crippen LogP contribution < -0.4 is 4.90 Å². The summed E-state index contributed by atoms with van der Waals surface area (Å²) in [4.78, 5) is 20.6. The summed E-state index contributed by atoms with van der Waals surface area (Å²) in [6, 6.07) is 5.56. The highest BCUT2D eigenvalue weighted by Crippen LogP contribution is 2.29. The first-order valence-corrected chi connectivity index (χ1v) is 8.05. The Hall–Kier alpha value is -2.52. The fourth-order valence-electron chi connectivity index (χ4n) is 2.85. The minimum absolute atomic E-state index is 0.114. The molecular formula is C17H17ClN4O2. The van der Waals surface area contributed by atoms with E-state index in [2.05, 4.69) is 11.1 Å². The van der Waals surface area contributed by atoms with E-state index in [1.165, 1.54) is 6.26 Å². The van der Waals surface area contributed by atoms with Crippen molar-refractivity contribution in [1.82, 2.24) is 9.88 Å². The molecule has 1 saturated heterocycles. The second-order valence-electron chi connectivity index (χ2n) is 5.70. The normalized spacial score (nSPS) is 14.6. The van der Waals surface area contributed by atoms with E-state index in [0.717, 1.165) is 5.56 Å². The Morgan fingerprint density at radius 1 is 1.33 bits per heavy atom. The van der Waals surface area contributed by atoms with Crippen molar-refractivity contribution in [3.63, 3.8) is 0 Å². The Morgan fingerprint density at radius 3 is 2.62 bits per heavy atom. The number of hydrogen-bond donors (Lipinski definition) is 0. The number of halogens is 1. The topological polar surface area (TPSA) is 73.4 Å². The fourth-order valence-corrected chi connectivity index (χ4v) is 2.99. The molecule has 24 heavy (non-hydrogen) atoms. The summed E-state index contributed by atoms with van der Waals surface area (Å²) in [5.74, 6) is 0.871. The van der Waals surface area contributed by atoms with Crippen molar-refractivity contribution in [2.75, 3.05) is 31.1 Å². The van der Waals surface area contributed by atoms with E-state index in [1.807, 2.05) is 18.7 Å². The van der Waals surface area contributed by atoms with Gasteiger partial charge in [-0.3, -0.25) is 4.79 Å². The number of furan rings is 1. The minimum Gasteiger partial charge on any atom is -0.459 e. The molecule has 1 aliphatic rings. The molecule has 124 valence electrons. The van der Waals surface area contributed by atoms with Gasteiger partial charge in [0.15, 0.2) is 5.76 Å². The van der Waals surface area contributed by atoms with Gasteiger partial charge in [0, 0.05) is 26.2 Å². The van der Waals surface area contributed by atoms with Crippen LogP contribution in [0.1, 0.15) is 27.4 Å². The molecule has 2 aromatic rings. The van der Waals surface area contributed by atoms with Crippen molar-refractivity contribution in [2.24, 2.45) is 0 Å². The quantitative estimate of drug-likeness (QED) is 0.837. The van der Waals surface area contributed by atoms with Crippen LogP contribution in [-0.4, -0.2) is 42.0 Å². The van der Waals surface area contributed by atoms with Crippen molar-refractivity contribution in [3.05, 3.63) is 46.0 Å². The van der Waals surface area contributed by atoms with E-state index in [9.17, 15) is 10.1 Å². The van der Waals surface area contributed by atoms with E-state index in [1.54, 1.807) is 17.0 Å². The molecule has 1 aliphatic heterocycles. The third-order valence-electron chi connectivity index (χ3n) is 4.23. The maximum Gasteiger partial charge on any atom is 0.289 e. The summed E-state index contributed by atoms with van der Waals surface area (Å²) in [5, 5.41) is 9.99. The van der Waals surface area contributed by atoms with Crippen LogP contribution >= 0.6 is 11.6 Å². The molecule has 3 heterocycles.